The van der Waals surface area contributed by atoms with Crippen LogP contribution in [-0.4, -0.2) is 30.6 Å². The van der Waals surface area contributed by atoms with Crippen LogP contribution in [0.2, 0.25) is 19.6 Å². The first-order valence-electron chi connectivity index (χ1n) is 8.56. The highest BCUT2D eigenvalue weighted by molar-refractivity contribution is 6.83. The molecular weight excluding hydrogens is 330 g/mol. The normalized spacial score (nSPS) is 15.9. The van der Waals surface area contributed by atoms with E-state index < -0.39 is 25.0 Å². The van der Waals surface area contributed by atoms with Gasteiger partial charge in [0.25, 0.3) is 0 Å². The van der Waals surface area contributed by atoms with Gasteiger partial charge in [0.1, 0.15) is 13.6 Å². The van der Waals surface area contributed by atoms with Crippen LogP contribution in [0.4, 0.5) is 0 Å². The highest BCUT2D eigenvalue weighted by Gasteiger charge is 2.49. The van der Waals surface area contributed by atoms with Crippen LogP contribution < -0.4 is 5.32 Å². The van der Waals surface area contributed by atoms with Gasteiger partial charge in [-0.1, -0.05) is 62.8 Å². The molecule has 0 aliphatic heterocycles. The van der Waals surface area contributed by atoms with E-state index in [0.29, 0.717) is 6.42 Å². The molecule has 2 atom stereocenters. The molecule has 25 heavy (non-hydrogen) atoms. The van der Waals surface area contributed by atoms with Gasteiger partial charge in [0.2, 0.25) is 5.91 Å². The summed E-state index contributed by atoms with van der Waals surface area (Å²) in [5.74, 6) is 1.95. The lowest BCUT2D eigenvalue weighted by Crippen LogP contribution is -2.59. The van der Waals surface area contributed by atoms with Crippen molar-refractivity contribution in [3.8, 4) is 11.5 Å². The summed E-state index contributed by atoms with van der Waals surface area (Å²) in [4.78, 5) is 24.5. The molecular formula is C20H29NO3Si. The molecule has 0 spiro atoms. The molecule has 2 N–H and O–H groups in total. The molecule has 0 aromatic heterocycles. The number of hydrogen-bond donors (Lipinski definition) is 2. The van der Waals surface area contributed by atoms with Crippen molar-refractivity contribution in [3.63, 3.8) is 0 Å². The predicted molar refractivity (Wildman–Crippen MR) is 104 cm³/mol. The second-order valence-electron chi connectivity index (χ2n) is 7.83. The van der Waals surface area contributed by atoms with Gasteiger partial charge in [0, 0.05) is 0 Å². The topological polar surface area (TPSA) is 66.4 Å². The van der Waals surface area contributed by atoms with Crippen molar-refractivity contribution < 1.29 is 14.7 Å². The largest absolute Gasteiger partial charge is 0.481 e. The number of amides is 1. The Bertz CT molecular complexity index is 684. The van der Waals surface area contributed by atoms with Crippen LogP contribution in [0.5, 0.6) is 0 Å². The summed E-state index contributed by atoms with van der Waals surface area (Å²) in [5.41, 5.74) is 1.81. The number of carbonyl (C=O) groups excluding carboxylic acids is 1. The molecule has 0 radical (unpaired) electrons. The van der Waals surface area contributed by atoms with E-state index in [-0.39, 0.29) is 12.3 Å². The average Bonchev–Trinajstić information content (AvgIpc) is 2.52. The number of hydrogen-bond acceptors (Lipinski definition) is 2. The molecule has 2 unspecified atom stereocenters. The maximum atomic E-state index is 12.6. The van der Waals surface area contributed by atoms with E-state index in [9.17, 15) is 14.7 Å². The molecule has 4 nitrogen and oxygen atoms in total. The van der Waals surface area contributed by atoms with Gasteiger partial charge in [-0.05, 0) is 25.8 Å². The second kappa shape index (κ2) is 7.88. The number of benzene rings is 1. The summed E-state index contributed by atoms with van der Waals surface area (Å²) in [5, 5.41) is 12.7. The first-order chi connectivity index (χ1) is 11.4. The minimum atomic E-state index is -1.72. The first kappa shape index (κ1) is 21.0. The van der Waals surface area contributed by atoms with Crippen molar-refractivity contribution in [3.05, 3.63) is 35.9 Å². The van der Waals surface area contributed by atoms with E-state index in [1.165, 1.54) is 0 Å². The summed E-state index contributed by atoms with van der Waals surface area (Å²) in [6, 6.07) is 9.39. The molecule has 0 aliphatic rings. The Balaban J connectivity index is 3.20. The van der Waals surface area contributed by atoms with Crippen LogP contribution >= 0.6 is 0 Å². The summed E-state index contributed by atoms with van der Waals surface area (Å²) in [7, 11) is -1.72. The van der Waals surface area contributed by atoms with Crippen molar-refractivity contribution in [2.45, 2.75) is 58.8 Å². The Labute approximate surface area is 152 Å². The van der Waals surface area contributed by atoms with Crippen molar-refractivity contribution in [1.29, 1.82) is 0 Å². The Morgan fingerprint density at radius 3 is 2.16 bits per heavy atom. The van der Waals surface area contributed by atoms with E-state index >= 15 is 0 Å². The zero-order chi connectivity index (χ0) is 19.3. The minimum absolute atomic E-state index is 0.199. The van der Waals surface area contributed by atoms with E-state index in [4.69, 9.17) is 0 Å². The highest BCUT2D eigenvalue weighted by atomic mass is 28.3. The molecule has 0 fully saturated rings. The zero-order valence-electron chi connectivity index (χ0n) is 16.1. The monoisotopic (exact) mass is 359 g/mol. The third kappa shape index (κ3) is 5.47. The van der Waals surface area contributed by atoms with Crippen molar-refractivity contribution in [2.75, 3.05) is 0 Å². The van der Waals surface area contributed by atoms with Crippen LogP contribution in [-0.2, 0) is 16.0 Å². The van der Waals surface area contributed by atoms with Gasteiger partial charge in [0.15, 0.2) is 0 Å². The fourth-order valence-corrected chi connectivity index (χ4v) is 3.07. The summed E-state index contributed by atoms with van der Waals surface area (Å²) in [6.45, 7) is 11.5. The third-order valence-electron chi connectivity index (χ3n) is 4.57. The highest BCUT2D eigenvalue weighted by Crippen LogP contribution is 2.35. The van der Waals surface area contributed by atoms with Gasteiger partial charge < -0.3 is 10.4 Å². The maximum absolute atomic E-state index is 12.6. The molecule has 0 saturated carbocycles. The standard InChI is InChI=1S/C20H29NO3Si/c1-7-19(2,18(23)24)20(3,13-14-25(4,5)6)21-17(22)15-16-11-9-8-10-12-16/h8-12H,7,15H2,1-6H3,(H,21,22)(H,23,24). The summed E-state index contributed by atoms with van der Waals surface area (Å²) < 4.78 is 0. The lowest BCUT2D eigenvalue weighted by atomic mass is 9.70. The molecule has 0 heterocycles. The van der Waals surface area contributed by atoms with Crippen LogP contribution in [0.15, 0.2) is 30.3 Å². The van der Waals surface area contributed by atoms with Gasteiger partial charge in [0.05, 0.1) is 11.8 Å². The van der Waals surface area contributed by atoms with Crippen molar-refractivity contribution in [2.24, 2.45) is 5.41 Å². The summed E-state index contributed by atoms with van der Waals surface area (Å²) >= 11 is 0. The fourth-order valence-electron chi connectivity index (χ4n) is 2.44. The Morgan fingerprint density at radius 1 is 1.16 bits per heavy atom. The summed E-state index contributed by atoms with van der Waals surface area (Å²) in [6.07, 6.45) is 0.565. The first-order valence-corrected chi connectivity index (χ1v) is 12.1. The Morgan fingerprint density at radius 2 is 1.72 bits per heavy atom. The maximum Gasteiger partial charge on any atom is 0.312 e. The molecule has 0 aliphatic carbocycles. The van der Waals surface area contributed by atoms with E-state index in [1.807, 2.05) is 37.3 Å². The number of carboxylic acid groups (broad SMARTS) is 1. The number of rotatable bonds is 6. The van der Waals surface area contributed by atoms with Gasteiger partial charge in [-0.25, -0.2) is 0 Å². The molecule has 136 valence electrons. The SMILES string of the molecule is CCC(C)(C(=O)O)C(C)(C#C[Si](C)(C)C)NC(=O)Cc1ccccc1. The zero-order valence-corrected chi connectivity index (χ0v) is 17.1. The smallest absolute Gasteiger partial charge is 0.312 e. The molecule has 0 bridgehead atoms. The Kier molecular flexibility index (Phi) is 6.61. The minimum Gasteiger partial charge on any atom is -0.481 e. The molecule has 0 saturated heterocycles. The number of aliphatic carboxylic acids is 1. The number of carboxylic acids is 1. The molecule has 5 heteroatoms. The van der Waals surface area contributed by atoms with Crippen LogP contribution in [0.1, 0.15) is 32.8 Å². The molecule has 1 rings (SSSR count). The predicted octanol–water partition coefficient (Wildman–Crippen LogP) is 3.49. The van der Waals surface area contributed by atoms with Gasteiger partial charge in [-0.3, -0.25) is 9.59 Å². The van der Waals surface area contributed by atoms with Crippen LogP contribution in [0.25, 0.3) is 0 Å². The van der Waals surface area contributed by atoms with Gasteiger partial charge in [-0.2, -0.15) is 0 Å². The molecule has 1 aromatic carbocycles. The third-order valence-corrected chi connectivity index (χ3v) is 5.44. The average molecular weight is 360 g/mol. The van der Waals surface area contributed by atoms with Crippen LogP contribution in [0.3, 0.4) is 0 Å². The Hall–Kier alpha value is -2.06. The molecule has 1 aromatic rings. The number of carbonyl (C=O) groups is 2. The van der Waals surface area contributed by atoms with E-state index in [1.54, 1.807) is 13.8 Å². The van der Waals surface area contributed by atoms with Crippen LogP contribution in [0, 0.1) is 16.9 Å². The van der Waals surface area contributed by atoms with E-state index in [2.05, 4.69) is 36.4 Å². The van der Waals surface area contributed by atoms with Gasteiger partial charge >= 0.3 is 5.97 Å². The van der Waals surface area contributed by atoms with Crippen molar-refractivity contribution in [1.82, 2.24) is 5.32 Å². The van der Waals surface area contributed by atoms with Gasteiger partial charge in [-0.15, -0.1) is 5.54 Å². The lowest BCUT2D eigenvalue weighted by molar-refractivity contribution is -0.152. The quantitative estimate of drug-likeness (QED) is 0.603. The second-order valence-corrected chi connectivity index (χ2v) is 12.6. The molecule has 1 amide bonds. The fraction of sp³-hybridized carbons (Fsp3) is 0.500. The number of nitrogens with one attached hydrogen (secondary N) is 1. The van der Waals surface area contributed by atoms with E-state index in [0.717, 1.165) is 5.56 Å². The van der Waals surface area contributed by atoms with Crippen molar-refractivity contribution >= 4 is 20.0 Å². The lowest BCUT2D eigenvalue weighted by Gasteiger charge is -2.40.